The molecular formula is C19H20N2O5S. The smallest absolute Gasteiger partial charge is 0.338 e. The minimum absolute atomic E-state index is 0.0218. The summed E-state index contributed by atoms with van der Waals surface area (Å²) in [6.45, 7) is 3.66. The number of hydrogen-bond acceptors (Lipinski definition) is 6. The van der Waals surface area contributed by atoms with Crippen LogP contribution in [-0.4, -0.2) is 29.7 Å². The lowest BCUT2D eigenvalue weighted by molar-refractivity contribution is -0.387. The van der Waals surface area contributed by atoms with Crippen molar-refractivity contribution < 1.29 is 19.2 Å². The molecule has 0 unspecified atom stereocenters. The van der Waals surface area contributed by atoms with Crippen LogP contribution < -0.4 is 5.32 Å². The molecule has 0 saturated heterocycles. The van der Waals surface area contributed by atoms with E-state index in [-0.39, 0.29) is 11.3 Å². The van der Waals surface area contributed by atoms with Crippen LogP contribution in [0.3, 0.4) is 0 Å². The van der Waals surface area contributed by atoms with Crippen molar-refractivity contribution in [2.24, 2.45) is 0 Å². The van der Waals surface area contributed by atoms with Crippen LogP contribution in [0.2, 0.25) is 0 Å². The van der Waals surface area contributed by atoms with Crippen molar-refractivity contribution in [3.05, 3.63) is 63.7 Å². The number of thioether (sulfide) groups is 1. The number of carbonyl (C=O) groups is 2. The molecule has 2 rings (SSSR count). The summed E-state index contributed by atoms with van der Waals surface area (Å²) in [4.78, 5) is 35.0. The minimum atomic E-state index is -0.795. The van der Waals surface area contributed by atoms with Crippen molar-refractivity contribution >= 4 is 35.0 Å². The summed E-state index contributed by atoms with van der Waals surface area (Å²) in [7, 11) is 0. The zero-order valence-corrected chi connectivity index (χ0v) is 16.0. The maximum absolute atomic E-state index is 12.1. The maximum Gasteiger partial charge on any atom is 0.338 e. The molecule has 0 fully saturated rings. The Morgan fingerprint density at radius 3 is 2.41 bits per heavy atom. The highest BCUT2D eigenvalue weighted by Crippen LogP contribution is 2.28. The van der Waals surface area contributed by atoms with Gasteiger partial charge in [0.05, 0.1) is 15.4 Å². The van der Waals surface area contributed by atoms with E-state index in [9.17, 15) is 19.7 Å². The topological polar surface area (TPSA) is 98.5 Å². The number of nitrogens with zero attached hydrogens (tertiary/aromatic N) is 1. The lowest BCUT2D eigenvalue weighted by Gasteiger charge is -2.09. The van der Waals surface area contributed by atoms with Gasteiger partial charge in [-0.15, -0.1) is 11.8 Å². The maximum atomic E-state index is 12.1. The number of nitro groups is 1. The largest absolute Gasteiger partial charge is 0.452 e. The molecule has 0 bridgehead atoms. The van der Waals surface area contributed by atoms with Crippen LogP contribution in [0.1, 0.15) is 35.7 Å². The van der Waals surface area contributed by atoms with E-state index in [1.54, 1.807) is 18.4 Å². The molecule has 0 aromatic heterocycles. The van der Waals surface area contributed by atoms with Crippen molar-refractivity contribution in [1.82, 2.24) is 0 Å². The molecule has 0 radical (unpaired) electrons. The van der Waals surface area contributed by atoms with Crippen molar-refractivity contribution in [3.8, 4) is 0 Å². The van der Waals surface area contributed by atoms with Gasteiger partial charge in [-0.2, -0.15) is 0 Å². The molecule has 0 aliphatic carbocycles. The van der Waals surface area contributed by atoms with Gasteiger partial charge in [-0.25, -0.2) is 4.79 Å². The number of rotatable bonds is 7. The lowest BCUT2D eigenvalue weighted by Crippen LogP contribution is -2.21. The molecule has 1 amide bonds. The summed E-state index contributed by atoms with van der Waals surface area (Å²) < 4.78 is 4.95. The van der Waals surface area contributed by atoms with Crippen LogP contribution in [0.5, 0.6) is 0 Å². The molecule has 2 aromatic rings. The molecule has 27 heavy (non-hydrogen) atoms. The summed E-state index contributed by atoms with van der Waals surface area (Å²) in [6, 6.07) is 11.5. The van der Waals surface area contributed by atoms with E-state index in [0.717, 1.165) is 11.6 Å². The van der Waals surface area contributed by atoms with E-state index in [0.29, 0.717) is 16.5 Å². The SMILES string of the molecule is CSc1ccc(C(=O)OCC(=O)Nc2ccc(C(C)C)cc2)cc1[N+](=O)[O-]. The molecule has 2 aromatic carbocycles. The average Bonchev–Trinajstić information content (AvgIpc) is 2.65. The molecular weight excluding hydrogens is 368 g/mol. The van der Waals surface area contributed by atoms with Gasteiger partial charge in [0, 0.05) is 11.8 Å². The summed E-state index contributed by atoms with van der Waals surface area (Å²) in [5, 5.41) is 13.7. The molecule has 1 N–H and O–H groups in total. The highest BCUT2D eigenvalue weighted by atomic mass is 32.2. The van der Waals surface area contributed by atoms with Crippen LogP contribution in [-0.2, 0) is 9.53 Å². The summed E-state index contributed by atoms with van der Waals surface area (Å²) >= 11 is 1.21. The van der Waals surface area contributed by atoms with Crippen molar-refractivity contribution in [3.63, 3.8) is 0 Å². The Bertz CT molecular complexity index is 850. The number of anilines is 1. The normalized spacial score (nSPS) is 10.5. The lowest BCUT2D eigenvalue weighted by atomic mass is 10.0. The van der Waals surface area contributed by atoms with E-state index >= 15 is 0 Å². The number of nitrogens with one attached hydrogen (secondary N) is 1. The fraction of sp³-hybridized carbons (Fsp3) is 0.263. The van der Waals surface area contributed by atoms with Gasteiger partial charge >= 0.3 is 5.97 Å². The molecule has 8 heteroatoms. The van der Waals surface area contributed by atoms with Crippen LogP contribution in [0.4, 0.5) is 11.4 Å². The summed E-state index contributed by atoms with van der Waals surface area (Å²) in [5.41, 5.74) is 1.59. The second-order valence-electron chi connectivity index (χ2n) is 6.04. The van der Waals surface area contributed by atoms with Crippen LogP contribution in [0.25, 0.3) is 0 Å². The summed E-state index contributed by atoms with van der Waals surface area (Å²) in [5.74, 6) is -0.899. The van der Waals surface area contributed by atoms with Gasteiger partial charge < -0.3 is 10.1 Å². The van der Waals surface area contributed by atoms with Gasteiger partial charge in [-0.3, -0.25) is 14.9 Å². The van der Waals surface area contributed by atoms with Gasteiger partial charge in [-0.05, 0) is 42.0 Å². The number of esters is 1. The molecule has 0 spiro atoms. The first-order valence-electron chi connectivity index (χ1n) is 8.21. The van der Waals surface area contributed by atoms with Crippen LogP contribution in [0.15, 0.2) is 47.4 Å². The molecule has 0 aliphatic heterocycles. The molecule has 0 heterocycles. The first-order chi connectivity index (χ1) is 12.8. The Kier molecular flexibility index (Phi) is 6.95. The van der Waals surface area contributed by atoms with Crippen molar-refractivity contribution in [2.45, 2.75) is 24.7 Å². The fourth-order valence-corrected chi connectivity index (χ4v) is 2.87. The molecule has 0 saturated carbocycles. The van der Waals surface area contributed by atoms with Gasteiger partial charge in [0.15, 0.2) is 6.61 Å². The molecule has 0 aliphatic rings. The average molecular weight is 388 g/mol. The van der Waals surface area contributed by atoms with Gasteiger partial charge in [0.2, 0.25) is 0 Å². The van der Waals surface area contributed by atoms with Gasteiger partial charge in [0.25, 0.3) is 11.6 Å². The predicted molar refractivity (Wildman–Crippen MR) is 104 cm³/mol. The number of benzene rings is 2. The zero-order valence-electron chi connectivity index (χ0n) is 15.2. The highest BCUT2D eigenvalue weighted by Gasteiger charge is 2.18. The number of nitro benzene ring substituents is 1. The second kappa shape index (κ2) is 9.18. The predicted octanol–water partition coefficient (Wildman–Crippen LogP) is 4.24. The van der Waals surface area contributed by atoms with Crippen molar-refractivity contribution in [1.29, 1.82) is 0 Å². The quantitative estimate of drug-likeness (QED) is 0.330. The Morgan fingerprint density at radius 1 is 1.19 bits per heavy atom. The third kappa shape index (κ3) is 5.55. The monoisotopic (exact) mass is 388 g/mol. The van der Waals surface area contributed by atoms with Crippen LogP contribution in [0, 0.1) is 10.1 Å². The number of amides is 1. The van der Waals surface area contributed by atoms with E-state index in [4.69, 9.17) is 4.74 Å². The number of ether oxygens (including phenoxy) is 1. The Labute approximate surface area is 161 Å². The van der Waals surface area contributed by atoms with Gasteiger partial charge in [-0.1, -0.05) is 26.0 Å². The minimum Gasteiger partial charge on any atom is -0.452 e. The van der Waals surface area contributed by atoms with Crippen molar-refractivity contribution in [2.75, 3.05) is 18.2 Å². The first kappa shape index (κ1) is 20.4. The van der Waals surface area contributed by atoms with E-state index < -0.39 is 23.4 Å². The first-order valence-corrected chi connectivity index (χ1v) is 9.43. The fourth-order valence-electron chi connectivity index (χ4n) is 2.32. The third-order valence-electron chi connectivity index (χ3n) is 3.81. The Morgan fingerprint density at radius 2 is 1.85 bits per heavy atom. The Hall–Kier alpha value is -2.87. The highest BCUT2D eigenvalue weighted by molar-refractivity contribution is 7.98. The summed E-state index contributed by atoms with van der Waals surface area (Å²) in [6.07, 6.45) is 1.71. The zero-order chi connectivity index (χ0) is 20.0. The van der Waals surface area contributed by atoms with Gasteiger partial charge in [0.1, 0.15) is 0 Å². The van der Waals surface area contributed by atoms with E-state index in [1.807, 2.05) is 12.1 Å². The Balaban J connectivity index is 1.95. The molecule has 0 atom stereocenters. The molecule has 142 valence electrons. The third-order valence-corrected chi connectivity index (χ3v) is 4.59. The standard InChI is InChI=1S/C19H20N2O5S/c1-12(2)13-4-7-15(8-5-13)20-18(22)11-26-19(23)14-6-9-17(27-3)16(10-14)21(24)25/h4-10,12H,11H2,1-3H3,(H,20,22). The van der Waals surface area contributed by atoms with E-state index in [1.165, 1.54) is 23.9 Å². The van der Waals surface area contributed by atoms with E-state index in [2.05, 4.69) is 19.2 Å². The number of carbonyl (C=O) groups excluding carboxylic acids is 2. The second-order valence-corrected chi connectivity index (χ2v) is 6.89. The van der Waals surface area contributed by atoms with Crippen LogP contribution >= 0.6 is 11.8 Å². The number of hydrogen-bond donors (Lipinski definition) is 1. The molecule has 7 nitrogen and oxygen atoms in total.